The summed E-state index contributed by atoms with van der Waals surface area (Å²) in [5, 5.41) is 24.0. The van der Waals surface area contributed by atoms with Crippen molar-refractivity contribution < 1.29 is 38.9 Å². The Morgan fingerprint density at radius 3 is 2.38 bits per heavy atom. The Kier molecular flexibility index (Phi) is 7.64. The minimum Gasteiger partial charge on any atom is -0.493 e. The quantitative estimate of drug-likeness (QED) is 0.282. The third-order valence-electron chi connectivity index (χ3n) is 10.3. The molecule has 4 fully saturated rings. The van der Waals surface area contributed by atoms with Crippen molar-refractivity contribution >= 4 is 23.9 Å². The number of aldehydes is 1. The molecule has 1 heterocycles. The number of ketones is 1. The number of amides is 2. The van der Waals surface area contributed by atoms with Gasteiger partial charge in [0.25, 0.3) is 5.91 Å². The van der Waals surface area contributed by atoms with Crippen LogP contribution in [0.5, 0.6) is 11.5 Å². The van der Waals surface area contributed by atoms with Gasteiger partial charge in [-0.2, -0.15) is 0 Å². The van der Waals surface area contributed by atoms with E-state index in [-0.39, 0.29) is 30.6 Å². The van der Waals surface area contributed by atoms with Gasteiger partial charge in [0.1, 0.15) is 18.5 Å². The van der Waals surface area contributed by atoms with Crippen molar-refractivity contribution in [3.63, 3.8) is 0 Å². The number of nitrogens with zero attached hydrogens (tertiary/aromatic N) is 1. The maximum absolute atomic E-state index is 13.8. The number of Topliss-reactive ketones (excluding diaryl/α,β-unsaturated/α-hetero) is 1. The highest BCUT2D eigenvalue weighted by Crippen LogP contribution is 2.60. The molecule has 4 bridgehead atoms. The van der Waals surface area contributed by atoms with Crippen LogP contribution >= 0.6 is 0 Å². The summed E-state index contributed by atoms with van der Waals surface area (Å²) in [5.74, 6) is 0.0617. The molecule has 0 aromatic heterocycles. The number of ether oxygens (including phenoxy) is 2. The van der Waals surface area contributed by atoms with Crippen molar-refractivity contribution in [3.05, 3.63) is 34.9 Å². The topological polar surface area (TPSA) is 142 Å². The summed E-state index contributed by atoms with van der Waals surface area (Å²) < 4.78 is 11.8. The molecule has 6 aliphatic rings. The number of nitrogens with one attached hydrogen (secondary N) is 1. The average Bonchev–Trinajstić information content (AvgIpc) is 3.37. The number of carbonyl (C=O) groups excluding carboxylic acids is 4. The number of carbonyl (C=O) groups is 4. The number of aliphatic hydroxyl groups is 2. The molecule has 1 aromatic carbocycles. The number of benzene rings is 1. The smallest absolute Gasteiger partial charge is 0.290 e. The molecule has 5 aliphatic carbocycles. The summed E-state index contributed by atoms with van der Waals surface area (Å²) in [6, 6.07) is 2.17. The van der Waals surface area contributed by atoms with Crippen LogP contribution in [0, 0.1) is 23.2 Å². The van der Waals surface area contributed by atoms with E-state index in [1.807, 2.05) is 0 Å². The van der Waals surface area contributed by atoms with Crippen LogP contribution in [0.1, 0.15) is 73.7 Å². The van der Waals surface area contributed by atoms with E-state index in [9.17, 15) is 29.4 Å². The zero-order valence-electron chi connectivity index (χ0n) is 24.2. The zero-order chi connectivity index (χ0) is 29.8. The molecule has 42 heavy (non-hydrogen) atoms. The molecule has 0 spiro atoms. The van der Waals surface area contributed by atoms with E-state index < -0.39 is 41.8 Å². The van der Waals surface area contributed by atoms with Gasteiger partial charge in [-0.1, -0.05) is 6.92 Å². The molecule has 2 amide bonds. The van der Waals surface area contributed by atoms with Crippen molar-refractivity contribution in [2.24, 2.45) is 23.2 Å². The Labute approximate surface area is 245 Å². The molecule has 3 N–H and O–H groups in total. The second kappa shape index (κ2) is 11.1. The Balaban J connectivity index is 1.43. The van der Waals surface area contributed by atoms with Crippen molar-refractivity contribution in [3.8, 4) is 11.5 Å². The van der Waals surface area contributed by atoms with Gasteiger partial charge in [-0.3, -0.25) is 19.2 Å². The van der Waals surface area contributed by atoms with Gasteiger partial charge < -0.3 is 29.9 Å². The van der Waals surface area contributed by atoms with E-state index in [2.05, 4.69) is 5.32 Å². The highest BCUT2D eigenvalue weighted by molar-refractivity contribution is 6.36. The molecule has 4 saturated carbocycles. The third kappa shape index (κ3) is 4.82. The van der Waals surface area contributed by atoms with Crippen LogP contribution in [-0.2, 0) is 14.4 Å². The second-order valence-corrected chi connectivity index (χ2v) is 13.0. The van der Waals surface area contributed by atoms with Crippen LogP contribution in [0.25, 0.3) is 0 Å². The summed E-state index contributed by atoms with van der Waals surface area (Å²) in [6.45, 7) is 1.73. The first kappa shape index (κ1) is 28.9. The SMILES string of the molecule is CCC(=O)C(=O)N(CC12CC3CC(CC(C3)C1)C2)[C@@H]1C=C(C(=O)NCCO)[C@@H]2c3cc(C=O)cc(OC)c3O[C@@H]2[C@H]1O. The predicted octanol–water partition coefficient (Wildman–Crippen LogP) is 2.15. The fourth-order valence-electron chi connectivity index (χ4n) is 9.03. The maximum Gasteiger partial charge on any atom is 0.290 e. The summed E-state index contributed by atoms with van der Waals surface area (Å²) >= 11 is 0. The highest BCUT2D eigenvalue weighted by atomic mass is 16.5. The van der Waals surface area contributed by atoms with Crippen LogP contribution in [0.2, 0.25) is 0 Å². The third-order valence-corrected chi connectivity index (χ3v) is 10.3. The van der Waals surface area contributed by atoms with E-state index >= 15 is 0 Å². The van der Waals surface area contributed by atoms with E-state index in [0.717, 1.165) is 19.3 Å². The minimum atomic E-state index is -1.26. The van der Waals surface area contributed by atoms with Crippen molar-refractivity contribution in [2.75, 3.05) is 26.8 Å². The average molecular weight is 581 g/mol. The zero-order valence-corrected chi connectivity index (χ0v) is 24.2. The molecule has 4 atom stereocenters. The first-order valence-electron chi connectivity index (χ1n) is 15.2. The van der Waals surface area contributed by atoms with Crippen LogP contribution in [-0.4, -0.2) is 84.1 Å². The number of hydrogen-bond acceptors (Lipinski definition) is 8. The van der Waals surface area contributed by atoms with E-state index in [1.54, 1.807) is 19.1 Å². The first-order chi connectivity index (χ1) is 20.2. The molecule has 226 valence electrons. The fourth-order valence-corrected chi connectivity index (χ4v) is 9.03. The van der Waals surface area contributed by atoms with Gasteiger partial charge in [0.2, 0.25) is 11.7 Å². The molecule has 0 radical (unpaired) electrons. The van der Waals surface area contributed by atoms with Crippen LogP contribution in [0.15, 0.2) is 23.8 Å². The molecule has 7 rings (SSSR count). The van der Waals surface area contributed by atoms with Crippen molar-refractivity contribution in [1.29, 1.82) is 0 Å². The first-order valence-corrected chi connectivity index (χ1v) is 15.2. The van der Waals surface area contributed by atoms with Crippen LogP contribution in [0.3, 0.4) is 0 Å². The lowest BCUT2D eigenvalue weighted by atomic mass is 9.49. The highest BCUT2D eigenvalue weighted by Gasteiger charge is 2.55. The van der Waals surface area contributed by atoms with Crippen LogP contribution < -0.4 is 14.8 Å². The minimum absolute atomic E-state index is 0.0104. The normalized spacial score (nSPS) is 33.6. The van der Waals surface area contributed by atoms with Crippen molar-refractivity contribution in [1.82, 2.24) is 10.2 Å². The predicted molar refractivity (Wildman–Crippen MR) is 151 cm³/mol. The molecule has 1 aliphatic heterocycles. The molecular weight excluding hydrogens is 540 g/mol. The largest absolute Gasteiger partial charge is 0.493 e. The van der Waals surface area contributed by atoms with Gasteiger partial charge in [-0.25, -0.2) is 0 Å². The molecule has 0 saturated heterocycles. The monoisotopic (exact) mass is 580 g/mol. The molecule has 1 aromatic rings. The van der Waals surface area contributed by atoms with Gasteiger partial charge in [-0.05, 0) is 79.9 Å². The van der Waals surface area contributed by atoms with Gasteiger partial charge in [0.15, 0.2) is 11.5 Å². The molecular formula is C32H40N2O8. The second-order valence-electron chi connectivity index (χ2n) is 13.0. The van der Waals surface area contributed by atoms with E-state index in [4.69, 9.17) is 9.47 Å². The van der Waals surface area contributed by atoms with E-state index in [0.29, 0.717) is 53.2 Å². The van der Waals surface area contributed by atoms with Crippen LogP contribution in [0.4, 0.5) is 0 Å². The lowest BCUT2D eigenvalue weighted by molar-refractivity contribution is -0.153. The Hall–Kier alpha value is -3.24. The number of rotatable bonds is 10. The van der Waals surface area contributed by atoms with Gasteiger partial charge in [0.05, 0.1) is 25.7 Å². The fraction of sp³-hybridized carbons (Fsp3) is 0.625. The van der Waals surface area contributed by atoms with Crippen molar-refractivity contribution in [2.45, 2.75) is 76.0 Å². The number of methoxy groups -OCH3 is 1. The summed E-state index contributed by atoms with van der Waals surface area (Å²) in [6.07, 6.45) is 6.75. The van der Waals surface area contributed by atoms with Gasteiger partial charge >= 0.3 is 0 Å². The Bertz CT molecular complexity index is 1290. The summed E-state index contributed by atoms with van der Waals surface area (Å²) in [4.78, 5) is 53.5. The Morgan fingerprint density at radius 2 is 1.81 bits per heavy atom. The lowest BCUT2D eigenvalue weighted by Crippen LogP contribution is -2.60. The maximum atomic E-state index is 13.8. The number of hydrogen-bond donors (Lipinski definition) is 3. The summed E-state index contributed by atoms with van der Waals surface area (Å²) in [7, 11) is 1.45. The number of aliphatic hydroxyl groups excluding tert-OH is 2. The number of fused-ring (bicyclic) bond motifs is 3. The molecule has 0 unspecified atom stereocenters. The van der Waals surface area contributed by atoms with Gasteiger partial charge in [0, 0.05) is 36.2 Å². The molecule has 10 nitrogen and oxygen atoms in total. The van der Waals surface area contributed by atoms with Gasteiger partial charge in [-0.15, -0.1) is 0 Å². The standard InChI is InChI=1S/C32H40N2O8/c1-3-24(37)31(40)34(16-32-12-17-6-18(13-32)8-19(7-17)14-32)23-11-22(30(39)33-4-5-35)26-21-9-20(15-36)10-25(41-2)28(21)42-29(26)27(23)38/h9-11,15,17-19,23,26-27,29,35,38H,3-8,12-14,16H2,1-2H3,(H,33,39)/t17?,18?,19?,23-,26+,27+,29+,32?/m1/s1. The molecule has 10 heteroatoms. The Morgan fingerprint density at radius 1 is 1.14 bits per heavy atom. The lowest BCUT2D eigenvalue weighted by Gasteiger charge is -2.58. The van der Waals surface area contributed by atoms with E-state index in [1.165, 1.54) is 37.3 Å². The summed E-state index contributed by atoms with van der Waals surface area (Å²) in [5.41, 5.74) is 0.977.